The number of hydrogen-bond donors (Lipinski definition) is 2. The molecule has 1 atom stereocenters. The summed E-state index contributed by atoms with van der Waals surface area (Å²) in [6.45, 7) is 11.2. The normalized spacial score (nSPS) is 18.4. The molecule has 8 heteroatoms. The summed E-state index contributed by atoms with van der Waals surface area (Å²) in [6, 6.07) is 4.72. The van der Waals surface area contributed by atoms with Crippen LogP contribution in [0.15, 0.2) is 18.2 Å². The van der Waals surface area contributed by atoms with E-state index in [9.17, 15) is 14.4 Å². The van der Waals surface area contributed by atoms with Crippen molar-refractivity contribution in [1.82, 2.24) is 15.2 Å². The second-order valence-electron chi connectivity index (χ2n) is 7.33. The Labute approximate surface area is 167 Å². The van der Waals surface area contributed by atoms with E-state index >= 15 is 0 Å². The number of amides is 3. The number of carbonyl (C=O) groups excluding carboxylic acids is 3. The van der Waals surface area contributed by atoms with Crippen LogP contribution in [-0.2, 0) is 16.1 Å². The van der Waals surface area contributed by atoms with Gasteiger partial charge in [-0.3, -0.25) is 19.7 Å². The van der Waals surface area contributed by atoms with Crippen LogP contribution in [0.2, 0.25) is 0 Å². The van der Waals surface area contributed by atoms with E-state index in [0.717, 1.165) is 22.3 Å². The molecule has 0 aliphatic carbocycles. The molecule has 1 unspecified atom stereocenters. The number of fused-ring (bicyclic) bond motifs is 1. The number of rotatable bonds is 2. The Balaban J connectivity index is 1.72. The summed E-state index contributed by atoms with van der Waals surface area (Å²) < 4.78 is 0. The van der Waals surface area contributed by atoms with Crippen LogP contribution in [0, 0.1) is 20.4 Å². The Morgan fingerprint density at radius 2 is 1.97 bits per heavy atom. The van der Waals surface area contributed by atoms with Crippen molar-refractivity contribution in [3.8, 4) is 11.3 Å². The molecule has 29 heavy (non-hydrogen) atoms. The van der Waals surface area contributed by atoms with E-state index in [2.05, 4.69) is 15.1 Å². The van der Waals surface area contributed by atoms with Crippen LogP contribution < -0.4 is 11.1 Å². The van der Waals surface area contributed by atoms with Gasteiger partial charge in [0.25, 0.3) is 5.91 Å². The van der Waals surface area contributed by atoms with Crippen LogP contribution in [0.3, 0.4) is 0 Å². The number of pyridine rings is 1. The minimum atomic E-state index is -0.649. The predicted octanol–water partition coefficient (Wildman–Crippen LogP) is 2.26. The van der Waals surface area contributed by atoms with Gasteiger partial charge in [-0.25, -0.2) is 9.83 Å². The number of aromatic nitrogens is 1. The van der Waals surface area contributed by atoms with Gasteiger partial charge in [0.05, 0.1) is 12.3 Å². The van der Waals surface area contributed by atoms with Crippen molar-refractivity contribution in [2.24, 2.45) is 0 Å². The van der Waals surface area contributed by atoms with Crippen LogP contribution in [-0.4, -0.2) is 33.6 Å². The first-order chi connectivity index (χ1) is 13.8. The molecule has 3 N–H and O–H groups in total. The fraction of sp³-hybridized carbons (Fsp3) is 0.286. The van der Waals surface area contributed by atoms with Crippen molar-refractivity contribution in [3.63, 3.8) is 0 Å². The topological polar surface area (TPSA) is 110 Å². The predicted molar refractivity (Wildman–Crippen MR) is 106 cm³/mol. The molecular weight excluding hydrogens is 370 g/mol. The third-order valence-corrected chi connectivity index (χ3v) is 5.60. The highest BCUT2D eigenvalue weighted by atomic mass is 16.2. The lowest BCUT2D eigenvalue weighted by Gasteiger charge is -2.29. The molecule has 1 aromatic carbocycles. The van der Waals surface area contributed by atoms with Gasteiger partial charge in [0.15, 0.2) is 0 Å². The lowest BCUT2D eigenvalue weighted by molar-refractivity contribution is -0.136. The molecular formula is C21H19N5O3. The van der Waals surface area contributed by atoms with Crippen molar-refractivity contribution >= 4 is 29.2 Å². The van der Waals surface area contributed by atoms with E-state index in [1.54, 1.807) is 6.07 Å². The van der Waals surface area contributed by atoms with Gasteiger partial charge in [-0.15, -0.1) is 0 Å². The highest BCUT2D eigenvalue weighted by molar-refractivity contribution is 6.05. The van der Waals surface area contributed by atoms with Crippen LogP contribution >= 0.6 is 0 Å². The lowest BCUT2D eigenvalue weighted by Crippen LogP contribution is -2.52. The largest absolute Gasteiger partial charge is 0.392 e. The lowest BCUT2D eigenvalue weighted by atomic mass is 9.96. The third-order valence-electron chi connectivity index (χ3n) is 5.60. The minimum absolute atomic E-state index is 0.177. The average Bonchev–Trinajstić information content (AvgIpc) is 2.99. The average molecular weight is 389 g/mol. The maximum atomic E-state index is 12.9. The molecule has 8 nitrogen and oxygen atoms in total. The van der Waals surface area contributed by atoms with Crippen molar-refractivity contribution in [2.45, 2.75) is 39.3 Å². The molecule has 1 aromatic heterocycles. The molecule has 2 aromatic rings. The van der Waals surface area contributed by atoms with Crippen LogP contribution in [0.4, 0.5) is 11.5 Å². The van der Waals surface area contributed by atoms with Gasteiger partial charge in [-0.2, -0.15) is 0 Å². The number of anilines is 1. The number of nitrogens with zero attached hydrogens (tertiary/aromatic N) is 3. The number of aryl methyl sites for hydroxylation is 1. The van der Waals surface area contributed by atoms with E-state index in [0.29, 0.717) is 29.9 Å². The Morgan fingerprint density at radius 3 is 2.62 bits per heavy atom. The minimum Gasteiger partial charge on any atom is -0.392 e. The van der Waals surface area contributed by atoms with Gasteiger partial charge in [-0.1, -0.05) is 6.07 Å². The molecule has 2 aliphatic heterocycles. The van der Waals surface area contributed by atoms with Gasteiger partial charge in [0.1, 0.15) is 11.9 Å². The molecule has 146 valence electrons. The maximum absolute atomic E-state index is 12.9. The monoisotopic (exact) mass is 389 g/mol. The fourth-order valence-electron chi connectivity index (χ4n) is 4.04. The molecule has 0 saturated carbocycles. The zero-order valence-electron chi connectivity index (χ0n) is 16.1. The SMILES string of the molecule is [C-]#[N+]c1c(C)cc(-c2ccc3c(c2C)CN(C2CCC(=O)NC2=O)C3=O)nc1N. The fourth-order valence-corrected chi connectivity index (χ4v) is 4.04. The standard InChI is InChI=1S/C21H19N5O3/c1-10-8-15(24-19(22)18(10)23-3)12-4-5-13-14(11(12)2)9-26(21(13)29)16-6-7-17(27)25-20(16)28/h4-5,8,16H,6-7,9H2,1-2H3,(H2,22,24)(H,25,27,28). The Bertz CT molecular complexity index is 1110. The third kappa shape index (κ3) is 2.91. The smallest absolute Gasteiger partial charge is 0.255 e. The van der Waals surface area contributed by atoms with Crippen molar-refractivity contribution in [3.05, 3.63) is 51.9 Å². The summed E-state index contributed by atoms with van der Waals surface area (Å²) in [7, 11) is 0. The van der Waals surface area contributed by atoms with Gasteiger partial charge in [0, 0.05) is 24.1 Å². The summed E-state index contributed by atoms with van der Waals surface area (Å²) in [4.78, 5) is 45.9. The zero-order valence-corrected chi connectivity index (χ0v) is 16.1. The van der Waals surface area contributed by atoms with E-state index in [1.807, 2.05) is 26.0 Å². The second-order valence-corrected chi connectivity index (χ2v) is 7.33. The molecule has 4 rings (SSSR count). The maximum Gasteiger partial charge on any atom is 0.255 e. The molecule has 3 amide bonds. The first-order valence-corrected chi connectivity index (χ1v) is 9.24. The number of piperidine rings is 1. The number of carbonyl (C=O) groups is 3. The number of hydrogen-bond acceptors (Lipinski definition) is 5. The van der Waals surface area contributed by atoms with Crippen molar-refractivity contribution in [1.29, 1.82) is 0 Å². The van der Waals surface area contributed by atoms with E-state index < -0.39 is 11.9 Å². The molecule has 0 bridgehead atoms. The summed E-state index contributed by atoms with van der Waals surface area (Å²) in [5.74, 6) is -0.775. The van der Waals surface area contributed by atoms with Crippen molar-refractivity contribution < 1.29 is 14.4 Å². The van der Waals surface area contributed by atoms with Crippen LogP contribution in [0.25, 0.3) is 16.1 Å². The molecule has 1 saturated heterocycles. The van der Waals surface area contributed by atoms with Crippen LogP contribution in [0.5, 0.6) is 0 Å². The number of imide groups is 1. The van der Waals surface area contributed by atoms with Gasteiger partial charge in [0.2, 0.25) is 17.5 Å². The second kappa shape index (κ2) is 6.71. The quantitative estimate of drug-likeness (QED) is 0.605. The highest BCUT2D eigenvalue weighted by Crippen LogP contribution is 2.36. The van der Waals surface area contributed by atoms with Gasteiger partial charge in [-0.05, 0) is 49.1 Å². The Morgan fingerprint density at radius 1 is 1.24 bits per heavy atom. The Hall–Kier alpha value is -3.73. The van der Waals surface area contributed by atoms with Gasteiger partial charge < -0.3 is 10.6 Å². The van der Waals surface area contributed by atoms with Crippen molar-refractivity contribution in [2.75, 3.05) is 5.73 Å². The molecule has 0 radical (unpaired) electrons. The summed E-state index contributed by atoms with van der Waals surface area (Å²) in [5.41, 5.74) is 10.8. The first kappa shape index (κ1) is 18.6. The number of nitrogen functional groups attached to an aromatic ring is 1. The number of nitrogens with two attached hydrogens (primary N) is 1. The van der Waals surface area contributed by atoms with Gasteiger partial charge >= 0.3 is 0 Å². The van der Waals surface area contributed by atoms with Crippen LogP contribution in [0.1, 0.15) is 39.9 Å². The first-order valence-electron chi connectivity index (χ1n) is 9.24. The van der Waals surface area contributed by atoms with E-state index in [1.165, 1.54) is 4.90 Å². The van der Waals surface area contributed by atoms with E-state index in [-0.39, 0.29) is 24.1 Å². The number of nitrogens with one attached hydrogen (secondary N) is 1. The molecule has 1 fully saturated rings. The molecule has 3 heterocycles. The molecule has 0 spiro atoms. The zero-order chi connectivity index (χ0) is 20.9. The summed E-state index contributed by atoms with van der Waals surface area (Å²) >= 11 is 0. The summed E-state index contributed by atoms with van der Waals surface area (Å²) in [6.07, 6.45) is 0.544. The Kier molecular flexibility index (Phi) is 4.31. The number of benzene rings is 1. The molecule has 2 aliphatic rings. The highest BCUT2D eigenvalue weighted by Gasteiger charge is 2.39. The summed E-state index contributed by atoms with van der Waals surface area (Å²) in [5, 5.41) is 2.31. The van der Waals surface area contributed by atoms with E-state index in [4.69, 9.17) is 12.3 Å².